The molecule has 35 heavy (non-hydrogen) atoms. The van der Waals surface area contributed by atoms with Crippen LogP contribution in [0.4, 0.5) is 11.5 Å². The molecule has 0 unspecified atom stereocenters. The zero-order valence-electron chi connectivity index (χ0n) is 19.2. The number of hydrogen-bond donors (Lipinski definition) is 1. The number of aromatic hydroxyl groups is 1. The summed E-state index contributed by atoms with van der Waals surface area (Å²) in [6, 6.07) is 13.4. The molecule has 9 heteroatoms. The Bertz CT molecular complexity index is 1310. The maximum absolute atomic E-state index is 13.1. The van der Waals surface area contributed by atoms with Crippen LogP contribution >= 0.6 is 0 Å². The van der Waals surface area contributed by atoms with E-state index >= 15 is 0 Å². The Morgan fingerprint density at radius 3 is 2.54 bits per heavy atom. The van der Waals surface area contributed by atoms with Crippen molar-refractivity contribution in [1.82, 2.24) is 9.88 Å². The molecular weight excluding hydrogens is 448 g/mol. The average molecular weight is 473 g/mol. The van der Waals surface area contributed by atoms with Gasteiger partial charge in [-0.3, -0.25) is 19.8 Å². The zero-order chi connectivity index (χ0) is 24.5. The highest BCUT2D eigenvalue weighted by Gasteiger charge is 2.34. The number of nitrogens with zero attached hydrogens (tertiary/aromatic N) is 4. The third-order valence-electron chi connectivity index (χ3n) is 6.35. The van der Waals surface area contributed by atoms with E-state index < -0.39 is 4.92 Å². The number of rotatable bonds is 5. The molecule has 0 amide bonds. The average Bonchev–Trinajstić information content (AvgIpc) is 3.19. The number of piperazine rings is 1. The van der Waals surface area contributed by atoms with Gasteiger partial charge in [0.1, 0.15) is 17.3 Å². The molecule has 0 saturated carbocycles. The van der Waals surface area contributed by atoms with Gasteiger partial charge in [0, 0.05) is 51.1 Å². The molecule has 0 spiro atoms. The van der Waals surface area contributed by atoms with E-state index in [9.17, 15) is 20.0 Å². The first-order valence-electron chi connectivity index (χ1n) is 11.3. The smallest absolute Gasteiger partial charge is 0.269 e. The fourth-order valence-electron chi connectivity index (χ4n) is 4.48. The first-order chi connectivity index (χ1) is 16.9. The molecule has 0 bridgehead atoms. The molecule has 2 aliphatic heterocycles. The molecule has 5 rings (SSSR count). The Hall–Kier alpha value is -4.24. The van der Waals surface area contributed by atoms with Gasteiger partial charge < -0.3 is 14.7 Å². The van der Waals surface area contributed by atoms with Gasteiger partial charge in [0.05, 0.1) is 16.1 Å². The van der Waals surface area contributed by atoms with Crippen LogP contribution in [0.3, 0.4) is 0 Å². The molecule has 0 atom stereocenters. The number of nitro benzene ring substituents is 1. The van der Waals surface area contributed by atoms with E-state index in [1.807, 2.05) is 18.2 Å². The minimum atomic E-state index is -0.474. The number of carbonyl (C=O) groups excluding carboxylic acids is 1. The van der Waals surface area contributed by atoms with Crippen molar-refractivity contribution in [1.29, 1.82) is 0 Å². The van der Waals surface area contributed by atoms with Crippen molar-refractivity contribution in [3.63, 3.8) is 0 Å². The van der Waals surface area contributed by atoms with Gasteiger partial charge in [-0.1, -0.05) is 6.07 Å². The van der Waals surface area contributed by atoms with Crippen LogP contribution in [0.1, 0.15) is 27.0 Å². The third-order valence-corrected chi connectivity index (χ3v) is 6.35. The molecule has 0 radical (unpaired) electrons. The number of non-ortho nitro benzene ring substituents is 1. The van der Waals surface area contributed by atoms with Gasteiger partial charge >= 0.3 is 0 Å². The van der Waals surface area contributed by atoms with Gasteiger partial charge in [0.15, 0.2) is 5.76 Å². The predicted molar refractivity (Wildman–Crippen MR) is 131 cm³/mol. The highest BCUT2D eigenvalue weighted by atomic mass is 16.6. The van der Waals surface area contributed by atoms with Crippen LogP contribution in [0.15, 0.2) is 60.5 Å². The Morgan fingerprint density at radius 1 is 1.14 bits per heavy atom. The maximum Gasteiger partial charge on any atom is 0.269 e. The van der Waals surface area contributed by atoms with Gasteiger partial charge in [0.25, 0.3) is 5.69 Å². The molecule has 1 fully saturated rings. The van der Waals surface area contributed by atoms with Crippen LogP contribution in [-0.2, 0) is 6.54 Å². The molecule has 1 N–H and O–H groups in total. The number of allylic oxidation sites excluding steroid dienone is 1. The van der Waals surface area contributed by atoms with Crippen molar-refractivity contribution in [2.75, 3.05) is 31.1 Å². The highest BCUT2D eigenvalue weighted by Crippen LogP contribution is 2.42. The van der Waals surface area contributed by atoms with Gasteiger partial charge in [-0.25, -0.2) is 4.98 Å². The molecular formula is C26H24N4O5. The van der Waals surface area contributed by atoms with Crippen LogP contribution in [0, 0.1) is 17.0 Å². The van der Waals surface area contributed by atoms with Crippen LogP contribution in [0.5, 0.6) is 11.5 Å². The SMILES string of the molecule is Cc1cc(O)c(CN2CCN(c3ccccn3)CC2)c2c1C(=O)/C(=C\c1ccc([N+](=O)[O-])cc1)O2. The minimum absolute atomic E-state index is 0.0275. The number of phenols is 1. The van der Waals surface area contributed by atoms with E-state index in [4.69, 9.17) is 4.74 Å². The topological polar surface area (TPSA) is 109 Å². The van der Waals surface area contributed by atoms with E-state index in [0.29, 0.717) is 34.5 Å². The number of aromatic nitrogens is 1. The molecule has 2 aliphatic rings. The van der Waals surface area contributed by atoms with Gasteiger partial charge in [-0.15, -0.1) is 0 Å². The lowest BCUT2D eigenvalue weighted by molar-refractivity contribution is -0.384. The number of aryl methyl sites for hydroxylation is 1. The first-order valence-corrected chi connectivity index (χ1v) is 11.3. The van der Waals surface area contributed by atoms with E-state index in [-0.39, 0.29) is 23.0 Å². The van der Waals surface area contributed by atoms with Crippen molar-refractivity contribution < 1.29 is 19.6 Å². The van der Waals surface area contributed by atoms with Crippen molar-refractivity contribution in [2.45, 2.75) is 13.5 Å². The molecule has 1 aromatic heterocycles. The monoisotopic (exact) mass is 472 g/mol. The highest BCUT2D eigenvalue weighted by molar-refractivity contribution is 6.15. The molecule has 0 aliphatic carbocycles. The quantitative estimate of drug-likeness (QED) is 0.338. The van der Waals surface area contributed by atoms with E-state index in [1.54, 1.807) is 37.4 Å². The van der Waals surface area contributed by atoms with Crippen molar-refractivity contribution in [2.24, 2.45) is 0 Å². The largest absolute Gasteiger partial charge is 0.507 e. The van der Waals surface area contributed by atoms with Gasteiger partial charge in [0.2, 0.25) is 5.78 Å². The van der Waals surface area contributed by atoms with Crippen molar-refractivity contribution in [3.05, 3.63) is 92.9 Å². The number of ether oxygens (including phenoxy) is 1. The molecule has 3 heterocycles. The summed E-state index contributed by atoms with van der Waals surface area (Å²) in [6.45, 7) is 5.37. The van der Waals surface area contributed by atoms with Gasteiger partial charge in [-0.05, 0) is 54.5 Å². The Balaban J connectivity index is 1.36. The molecule has 3 aromatic rings. The van der Waals surface area contributed by atoms with Crippen molar-refractivity contribution >= 4 is 23.4 Å². The Labute approximate surface area is 202 Å². The number of phenolic OH excluding ortho intramolecular Hbond substituents is 1. The first kappa shape index (κ1) is 22.5. The van der Waals surface area contributed by atoms with Crippen LogP contribution in [-0.4, -0.2) is 51.9 Å². The number of nitro groups is 1. The summed E-state index contributed by atoms with van der Waals surface area (Å²) < 4.78 is 6.00. The Morgan fingerprint density at radius 2 is 1.89 bits per heavy atom. The minimum Gasteiger partial charge on any atom is -0.507 e. The van der Waals surface area contributed by atoms with E-state index in [1.165, 1.54) is 12.1 Å². The summed E-state index contributed by atoms with van der Waals surface area (Å²) in [6.07, 6.45) is 3.35. The maximum atomic E-state index is 13.1. The summed E-state index contributed by atoms with van der Waals surface area (Å²) in [4.78, 5) is 32.4. The summed E-state index contributed by atoms with van der Waals surface area (Å²) in [7, 11) is 0. The Kier molecular flexibility index (Phi) is 5.92. The van der Waals surface area contributed by atoms with Crippen LogP contribution < -0.4 is 9.64 Å². The number of carbonyl (C=O) groups is 1. The van der Waals surface area contributed by atoms with E-state index in [0.717, 1.165) is 32.0 Å². The molecule has 2 aromatic carbocycles. The normalized spacial score (nSPS) is 16.9. The van der Waals surface area contributed by atoms with Gasteiger partial charge in [-0.2, -0.15) is 0 Å². The van der Waals surface area contributed by atoms with E-state index in [2.05, 4.69) is 14.8 Å². The summed E-state index contributed by atoms with van der Waals surface area (Å²) in [5, 5.41) is 21.6. The number of pyridine rings is 1. The number of benzene rings is 2. The summed E-state index contributed by atoms with van der Waals surface area (Å²) in [5.74, 6) is 1.28. The second kappa shape index (κ2) is 9.19. The third kappa shape index (κ3) is 4.45. The number of fused-ring (bicyclic) bond motifs is 1. The van der Waals surface area contributed by atoms with Crippen LogP contribution in [0.2, 0.25) is 0 Å². The fraction of sp³-hybridized carbons (Fsp3) is 0.231. The fourth-order valence-corrected chi connectivity index (χ4v) is 4.48. The lowest BCUT2D eigenvalue weighted by Gasteiger charge is -2.35. The number of Topliss-reactive ketones (excluding diaryl/α,β-unsaturated/α-hetero) is 1. The number of hydrogen-bond acceptors (Lipinski definition) is 8. The molecule has 9 nitrogen and oxygen atoms in total. The second-order valence-electron chi connectivity index (χ2n) is 8.63. The molecule has 178 valence electrons. The summed E-state index contributed by atoms with van der Waals surface area (Å²) in [5.41, 5.74) is 2.25. The van der Waals surface area contributed by atoms with Crippen molar-refractivity contribution in [3.8, 4) is 11.5 Å². The summed E-state index contributed by atoms with van der Waals surface area (Å²) >= 11 is 0. The number of anilines is 1. The van der Waals surface area contributed by atoms with Crippen LogP contribution in [0.25, 0.3) is 6.08 Å². The molecule has 1 saturated heterocycles. The lowest BCUT2D eigenvalue weighted by atomic mass is 9.99. The standard InChI is InChI=1S/C26H24N4O5/c1-17-14-21(31)20(16-28-10-12-29(13-11-28)23-4-2-3-9-27-23)26-24(17)25(32)22(35-26)15-18-5-7-19(8-6-18)30(33)34/h2-9,14-15,31H,10-13,16H2,1H3/b22-15+. The second-order valence-corrected chi connectivity index (χ2v) is 8.63. The number of ketones is 1. The lowest BCUT2D eigenvalue weighted by Crippen LogP contribution is -2.46. The zero-order valence-corrected chi connectivity index (χ0v) is 19.2. The predicted octanol–water partition coefficient (Wildman–Crippen LogP) is 3.94.